The van der Waals surface area contributed by atoms with E-state index in [-0.39, 0.29) is 17.0 Å². The van der Waals surface area contributed by atoms with Crippen molar-refractivity contribution in [2.45, 2.75) is 52.7 Å². The number of ketones is 1. The van der Waals surface area contributed by atoms with Crippen molar-refractivity contribution in [1.29, 1.82) is 0 Å². The summed E-state index contributed by atoms with van der Waals surface area (Å²) in [5, 5.41) is 0. The third kappa shape index (κ3) is 6.48. The number of benzene rings is 2. The highest BCUT2D eigenvalue weighted by Crippen LogP contribution is 2.34. The first-order chi connectivity index (χ1) is 12.4. The van der Waals surface area contributed by atoms with Gasteiger partial charge in [0.25, 0.3) is 0 Å². The second-order valence-corrected chi connectivity index (χ2v) is 8.42. The highest BCUT2D eigenvalue weighted by Gasteiger charge is 2.19. The van der Waals surface area contributed by atoms with Gasteiger partial charge in [-0.15, -0.1) is 0 Å². The van der Waals surface area contributed by atoms with Crippen molar-refractivity contribution in [2.75, 3.05) is 5.73 Å². The van der Waals surface area contributed by atoms with Crippen LogP contribution in [0.15, 0.2) is 48.5 Å². The molecule has 0 unspecified atom stereocenters. The Bertz CT molecular complexity index is 788. The lowest BCUT2D eigenvalue weighted by molar-refractivity contribution is 0.104. The van der Waals surface area contributed by atoms with Crippen molar-refractivity contribution in [2.24, 2.45) is 0 Å². The molecule has 0 aliphatic heterocycles. The van der Waals surface area contributed by atoms with Gasteiger partial charge in [-0.25, -0.2) is 0 Å². The highest BCUT2D eigenvalue weighted by atomic mass is 16.5. The zero-order chi connectivity index (χ0) is 20.2. The number of allylic oxidation sites excluding steroid dienone is 1. The molecule has 0 fully saturated rings. The van der Waals surface area contributed by atoms with Crippen molar-refractivity contribution in [1.82, 2.24) is 0 Å². The fraction of sp³-hybridized carbons (Fsp3) is 0.348. The van der Waals surface area contributed by atoms with E-state index in [1.54, 1.807) is 30.3 Å². The van der Waals surface area contributed by atoms with Gasteiger partial charge in [0.05, 0.1) is 5.56 Å². The van der Waals surface area contributed by atoms with E-state index in [0.29, 0.717) is 22.7 Å². The molecule has 4 nitrogen and oxygen atoms in total. The van der Waals surface area contributed by atoms with Gasteiger partial charge in [0.2, 0.25) is 0 Å². The van der Waals surface area contributed by atoms with Gasteiger partial charge in [-0.3, -0.25) is 4.79 Å². The predicted octanol–water partition coefficient (Wildman–Crippen LogP) is 5.52. The van der Waals surface area contributed by atoms with Crippen LogP contribution in [0.5, 0.6) is 11.5 Å². The molecule has 2 aromatic rings. The number of carbonyl (C=O) groups is 1. The van der Waals surface area contributed by atoms with E-state index < -0.39 is 0 Å². The van der Waals surface area contributed by atoms with E-state index in [1.165, 1.54) is 6.08 Å². The van der Waals surface area contributed by atoms with Gasteiger partial charge in [0.15, 0.2) is 5.78 Å². The molecule has 4 heteroatoms. The summed E-state index contributed by atoms with van der Waals surface area (Å²) in [6, 6.07) is 12.5. The molecule has 27 heavy (non-hydrogen) atoms. The maximum atomic E-state index is 12.5. The van der Waals surface area contributed by atoms with Crippen LogP contribution in [-0.4, -0.2) is 17.0 Å². The van der Waals surface area contributed by atoms with Crippen LogP contribution in [0.25, 0.3) is 6.08 Å². The van der Waals surface area contributed by atoms with Crippen molar-refractivity contribution in [3.63, 3.8) is 0 Å². The molecule has 0 saturated heterocycles. The second kappa shape index (κ2) is 7.87. The Balaban J connectivity index is 2.41. The third-order valence-corrected chi connectivity index (χ3v) is 3.45. The molecule has 2 N–H and O–H groups in total. The minimum absolute atomic E-state index is 0.109. The van der Waals surface area contributed by atoms with Crippen LogP contribution in [0.2, 0.25) is 0 Å². The van der Waals surface area contributed by atoms with E-state index in [1.807, 2.05) is 59.7 Å². The Kier molecular flexibility index (Phi) is 5.99. The predicted molar refractivity (Wildman–Crippen MR) is 111 cm³/mol. The van der Waals surface area contributed by atoms with E-state index in [0.717, 1.165) is 5.56 Å². The van der Waals surface area contributed by atoms with Crippen LogP contribution in [0.4, 0.5) is 5.69 Å². The van der Waals surface area contributed by atoms with E-state index in [4.69, 9.17) is 15.2 Å². The Morgan fingerprint density at radius 1 is 0.852 bits per heavy atom. The molecule has 0 bridgehead atoms. The molecular formula is C23H29NO3. The number of hydrogen-bond acceptors (Lipinski definition) is 4. The fourth-order valence-electron chi connectivity index (χ4n) is 2.43. The molecule has 2 rings (SSSR count). The molecular weight excluding hydrogens is 338 g/mol. The largest absolute Gasteiger partial charge is 0.487 e. The van der Waals surface area contributed by atoms with Crippen LogP contribution < -0.4 is 15.2 Å². The van der Waals surface area contributed by atoms with Crippen molar-refractivity contribution < 1.29 is 14.3 Å². The average Bonchev–Trinajstić information content (AvgIpc) is 2.51. The number of nitrogen functional groups attached to an aromatic ring is 1. The summed E-state index contributed by atoms with van der Waals surface area (Å²) in [7, 11) is 0. The molecule has 0 aliphatic carbocycles. The smallest absolute Gasteiger partial charge is 0.185 e. The number of anilines is 1. The minimum Gasteiger partial charge on any atom is -0.487 e. The van der Waals surface area contributed by atoms with Crippen molar-refractivity contribution in [3.8, 4) is 11.5 Å². The Morgan fingerprint density at radius 2 is 1.33 bits per heavy atom. The first-order valence-electron chi connectivity index (χ1n) is 9.04. The lowest BCUT2D eigenvalue weighted by Gasteiger charge is -2.26. The zero-order valence-electron chi connectivity index (χ0n) is 17.0. The SMILES string of the molecule is CC(C)(C)Oc1cccc(OC(C)(C)C)c1C=CC(=O)c1ccc(N)cc1. The van der Waals surface area contributed by atoms with Gasteiger partial charge in [0, 0.05) is 11.3 Å². The number of rotatable bonds is 5. The molecule has 144 valence electrons. The molecule has 0 aromatic heterocycles. The van der Waals surface area contributed by atoms with Gasteiger partial charge in [-0.2, -0.15) is 0 Å². The molecule has 0 spiro atoms. The number of hydrogen-bond donors (Lipinski definition) is 1. The molecule has 2 aromatic carbocycles. The number of carbonyl (C=O) groups excluding carboxylic acids is 1. The maximum absolute atomic E-state index is 12.5. The summed E-state index contributed by atoms with van der Waals surface area (Å²) in [4.78, 5) is 12.5. The maximum Gasteiger partial charge on any atom is 0.185 e. The molecule has 0 heterocycles. The average molecular weight is 367 g/mol. The van der Waals surface area contributed by atoms with Gasteiger partial charge in [0.1, 0.15) is 22.7 Å². The standard InChI is InChI=1S/C23H29NO3/c1-22(2,3)26-20-8-7-9-21(27-23(4,5)6)18(20)14-15-19(25)16-10-12-17(24)13-11-16/h7-15H,24H2,1-6H3. The van der Waals surface area contributed by atoms with Crippen LogP contribution in [0, 0.1) is 0 Å². The third-order valence-electron chi connectivity index (χ3n) is 3.45. The number of ether oxygens (including phenoxy) is 2. The number of nitrogens with two attached hydrogens (primary N) is 1. The Hall–Kier alpha value is -2.75. The highest BCUT2D eigenvalue weighted by molar-refractivity contribution is 6.07. The van der Waals surface area contributed by atoms with E-state index >= 15 is 0 Å². The summed E-state index contributed by atoms with van der Waals surface area (Å²) < 4.78 is 12.2. The van der Waals surface area contributed by atoms with Crippen molar-refractivity contribution >= 4 is 17.5 Å². The molecule has 0 radical (unpaired) electrons. The lowest BCUT2D eigenvalue weighted by Crippen LogP contribution is -2.25. The van der Waals surface area contributed by atoms with Crippen LogP contribution in [0.3, 0.4) is 0 Å². The monoisotopic (exact) mass is 367 g/mol. The van der Waals surface area contributed by atoms with Gasteiger partial charge in [-0.05, 0) is 90.1 Å². The van der Waals surface area contributed by atoms with Crippen LogP contribution in [-0.2, 0) is 0 Å². The van der Waals surface area contributed by atoms with Crippen molar-refractivity contribution in [3.05, 3.63) is 59.7 Å². The fourth-order valence-corrected chi connectivity index (χ4v) is 2.43. The molecule has 0 atom stereocenters. The second-order valence-electron chi connectivity index (χ2n) is 8.42. The Labute approximate surface area is 162 Å². The van der Waals surface area contributed by atoms with Gasteiger partial charge >= 0.3 is 0 Å². The molecule has 0 saturated carbocycles. The Morgan fingerprint density at radius 3 is 1.78 bits per heavy atom. The van der Waals surface area contributed by atoms with Crippen LogP contribution >= 0.6 is 0 Å². The molecule has 0 aliphatic rings. The summed E-state index contributed by atoms with van der Waals surface area (Å²) in [5.41, 5.74) is 6.89. The lowest BCUT2D eigenvalue weighted by atomic mass is 10.1. The summed E-state index contributed by atoms with van der Waals surface area (Å²) in [6.45, 7) is 11.9. The zero-order valence-corrected chi connectivity index (χ0v) is 17.0. The topological polar surface area (TPSA) is 61.5 Å². The summed E-state index contributed by atoms with van der Waals surface area (Å²) in [6.07, 6.45) is 3.28. The van der Waals surface area contributed by atoms with Gasteiger partial charge in [-0.1, -0.05) is 6.07 Å². The van der Waals surface area contributed by atoms with Crippen LogP contribution in [0.1, 0.15) is 57.5 Å². The summed E-state index contributed by atoms with van der Waals surface area (Å²) in [5.74, 6) is 1.23. The van der Waals surface area contributed by atoms with E-state index in [2.05, 4.69) is 0 Å². The quantitative estimate of drug-likeness (QED) is 0.429. The van der Waals surface area contributed by atoms with Gasteiger partial charge < -0.3 is 15.2 Å². The van der Waals surface area contributed by atoms with E-state index in [9.17, 15) is 4.79 Å². The first kappa shape index (κ1) is 20.6. The summed E-state index contributed by atoms with van der Waals surface area (Å²) >= 11 is 0. The normalized spacial score (nSPS) is 12.2. The molecule has 0 amide bonds. The first-order valence-corrected chi connectivity index (χ1v) is 9.04. The minimum atomic E-state index is -0.371.